The molecule has 1 heterocycles. The molecule has 0 aliphatic carbocycles. The van der Waals surface area contributed by atoms with Crippen molar-refractivity contribution in [1.29, 1.82) is 0 Å². The molecule has 0 radical (unpaired) electrons. The quantitative estimate of drug-likeness (QED) is 0.817. The van der Waals surface area contributed by atoms with Gasteiger partial charge in [0.25, 0.3) is 0 Å². The summed E-state index contributed by atoms with van der Waals surface area (Å²) in [6.07, 6.45) is 0. The molecule has 0 saturated carbocycles. The topological polar surface area (TPSA) is 49.4 Å². The molecule has 0 spiro atoms. The number of nitrogens with one attached hydrogen (secondary N) is 1. The van der Waals surface area contributed by atoms with Gasteiger partial charge >= 0.3 is 0 Å². The predicted octanol–water partition coefficient (Wildman–Crippen LogP) is 1.79. The Balaban J connectivity index is 3.15. The first kappa shape index (κ1) is 15.0. The van der Waals surface area contributed by atoms with Crippen molar-refractivity contribution in [3.63, 3.8) is 0 Å². The van der Waals surface area contributed by atoms with Gasteiger partial charge in [0.05, 0.1) is 0 Å². The van der Waals surface area contributed by atoms with Crippen LogP contribution < -0.4 is 5.32 Å². The molecule has 0 aromatic carbocycles. The van der Waals surface area contributed by atoms with Crippen LogP contribution in [0, 0.1) is 11.3 Å². The monoisotopic (exact) mass is 254 g/mol. The van der Waals surface area contributed by atoms with Crippen LogP contribution in [0.25, 0.3) is 0 Å². The van der Waals surface area contributed by atoms with Gasteiger partial charge in [0.1, 0.15) is 11.6 Å². The second-order valence-corrected chi connectivity index (χ2v) is 7.23. The van der Waals surface area contributed by atoms with E-state index in [1.165, 1.54) is 0 Å². The van der Waals surface area contributed by atoms with Crippen molar-refractivity contribution < 1.29 is 9.59 Å². The van der Waals surface area contributed by atoms with Gasteiger partial charge in [-0.25, -0.2) is 0 Å². The van der Waals surface area contributed by atoms with Gasteiger partial charge in [-0.15, -0.1) is 0 Å². The van der Waals surface area contributed by atoms with E-state index in [4.69, 9.17) is 0 Å². The fourth-order valence-corrected chi connectivity index (χ4v) is 2.49. The smallest absolute Gasteiger partial charge is 0.248 e. The molecule has 104 valence electrons. The van der Waals surface area contributed by atoms with Gasteiger partial charge in [0, 0.05) is 6.54 Å². The molecule has 4 heteroatoms. The largest absolute Gasteiger partial charge is 0.340 e. The standard InChI is InChI=1S/C14H26N2O2/c1-9(2)8-16-10(13(3,4)5)11(17)15-14(6,7)12(16)18/h9-10H,8H2,1-7H3,(H,15,17). The summed E-state index contributed by atoms with van der Waals surface area (Å²) in [5.41, 5.74) is -1.06. The van der Waals surface area contributed by atoms with E-state index in [2.05, 4.69) is 19.2 Å². The van der Waals surface area contributed by atoms with Crippen molar-refractivity contribution in [1.82, 2.24) is 10.2 Å². The van der Waals surface area contributed by atoms with E-state index in [9.17, 15) is 9.59 Å². The third-order valence-corrected chi connectivity index (χ3v) is 3.17. The van der Waals surface area contributed by atoms with Crippen LogP contribution >= 0.6 is 0 Å². The zero-order valence-corrected chi connectivity index (χ0v) is 12.6. The Morgan fingerprint density at radius 2 is 1.78 bits per heavy atom. The molecule has 18 heavy (non-hydrogen) atoms. The minimum Gasteiger partial charge on any atom is -0.340 e. The second kappa shape index (κ2) is 4.56. The van der Waals surface area contributed by atoms with Crippen LogP contribution in [0.4, 0.5) is 0 Å². The van der Waals surface area contributed by atoms with Crippen molar-refractivity contribution in [3.05, 3.63) is 0 Å². The number of hydrogen-bond acceptors (Lipinski definition) is 2. The summed E-state index contributed by atoms with van der Waals surface area (Å²) in [7, 11) is 0. The number of carbonyl (C=O) groups excluding carboxylic acids is 2. The highest BCUT2D eigenvalue weighted by atomic mass is 16.2. The molecule has 1 aliphatic rings. The minimum atomic E-state index is -0.798. The van der Waals surface area contributed by atoms with Crippen LogP contribution in [0.1, 0.15) is 48.5 Å². The highest BCUT2D eigenvalue weighted by molar-refractivity contribution is 5.99. The Hall–Kier alpha value is -1.06. The Morgan fingerprint density at radius 3 is 2.17 bits per heavy atom. The van der Waals surface area contributed by atoms with Crippen LogP contribution in [0.5, 0.6) is 0 Å². The molecular weight excluding hydrogens is 228 g/mol. The Kier molecular flexibility index (Phi) is 3.80. The molecule has 0 aromatic heterocycles. The number of carbonyl (C=O) groups is 2. The summed E-state index contributed by atoms with van der Waals surface area (Å²) in [6.45, 7) is 14.3. The van der Waals surface area contributed by atoms with Crippen LogP contribution in [0.3, 0.4) is 0 Å². The van der Waals surface area contributed by atoms with Gasteiger partial charge in [-0.1, -0.05) is 34.6 Å². The molecular formula is C14H26N2O2. The van der Waals surface area contributed by atoms with E-state index in [0.29, 0.717) is 12.5 Å². The zero-order chi connectivity index (χ0) is 14.3. The Bertz CT molecular complexity index is 353. The van der Waals surface area contributed by atoms with Crippen molar-refractivity contribution in [2.45, 2.75) is 60.0 Å². The summed E-state index contributed by atoms with van der Waals surface area (Å²) < 4.78 is 0. The number of rotatable bonds is 2. The Labute approximate surface area is 110 Å². The van der Waals surface area contributed by atoms with Crippen LogP contribution in [0.15, 0.2) is 0 Å². The number of piperazine rings is 1. The molecule has 1 saturated heterocycles. The van der Waals surface area contributed by atoms with Gasteiger partial charge in [0.15, 0.2) is 0 Å². The molecule has 2 amide bonds. The summed E-state index contributed by atoms with van der Waals surface area (Å²) >= 11 is 0. The van der Waals surface area contributed by atoms with Crippen LogP contribution in [-0.2, 0) is 9.59 Å². The lowest BCUT2D eigenvalue weighted by Crippen LogP contribution is -2.71. The maximum absolute atomic E-state index is 12.5. The molecule has 4 nitrogen and oxygen atoms in total. The van der Waals surface area contributed by atoms with Gasteiger partial charge in [-0.3, -0.25) is 9.59 Å². The molecule has 0 aromatic rings. The summed E-state index contributed by atoms with van der Waals surface area (Å²) in [5.74, 6) is 0.309. The molecule has 1 atom stereocenters. The molecule has 1 aliphatic heterocycles. The number of hydrogen-bond donors (Lipinski definition) is 1. The third kappa shape index (κ3) is 2.85. The average molecular weight is 254 g/mol. The number of amides is 2. The molecule has 1 N–H and O–H groups in total. The maximum atomic E-state index is 12.5. The fraction of sp³-hybridized carbons (Fsp3) is 0.857. The van der Waals surface area contributed by atoms with Gasteiger partial charge in [-0.2, -0.15) is 0 Å². The first-order valence-electron chi connectivity index (χ1n) is 6.60. The molecule has 1 rings (SSSR count). The van der Waals surface area contributed by atoms with Crippen LogP contribution in [-0.4, -0.2) is 34.8 Å². The van der Waals surface area contributed by atoms with E-state index in [0.717, 1.165) is 0 Å². The maximum Gasteiger partial charge on any atom is 0.248 e. The van der Waals surface area contributed by atoms with Crippen LogP contribution in [0.2, 0.25) is 0 Å². The van der Waals surface area contributed by atoms with Gasteiger partial charge in [-0.05, 0) is 25.2 Å². The lowest BCUT2D eigenvalue weighted by Gasteiger charge is -2.48. The summed E-state index contributed by atoms with van der Waals surface area (Å²) in [4.78, 5) is 26.5. The first-order chi connectivity index (χ1) is 7.97. The lowest BCUT2D eigenvalue weighted by atomic mass is 9.81. The van der Waals surface area contributed by atoms with Gasteiger partial charge in [0.2, 0.25) is 11.8 Å². The highest BCUT2D eigenvalue weighted by Crippen LogP contribution is 2.30. The van der Waals surface area contributed by atoms with E-state index < -0.39 is 5.54 Å². The summed E-state index contributed by atoms with van der Waals surface area (Å²) in [6, 6.07) is -0.388. The minimum absolute atomic E-state index is 0.00993. The molecule has 0 bridgehead atoms. The predicted molar refractivity (Wildman–Crippen MR) is 72.0 cm³/mol. The third-order valence-electron chi connectivity index (χ3n) is 3.17. The number of nitrogens with zero attached hydrogens (tertiary/aromatic N) is 1. The van der Waals surface area contributed by atoms with E-state index in [-0.39, 0.29) is 23.3 Å². The molecule has 1 fully saturated rings. The van der Waals surface area contributed by atoms with E-state index in [1.54, 1.807) is 18.7 Å². The van der Waals surface area contributed by atoms with E-state index in [1.807, 2.05) is 20.8 Å². The fourth-order valence-electron chi connectivity index (χ4n) is 2.49. The van der Waals surface area contributed by atoms with Gasteiger partial charge < -0.3 is 10.2 Å². The van der Waals surface area contributed by atoms with Crippen molar-refractivity contribution in [2.24, 2.45) is 11.3 Å². The summed E-state index contributed by atoms with van der Waals surface area (Å²) in [5, 5.41) is 2.84. The van der Waals surface area contributed by atoms with E-state index >= 15 is 0 Å². The van der Waals surface area contributed by atoms with Crippen molar-refractivity contribution in [2.75, 3.05) is 6.54 Å². The average Bonchev–Trinajstić information content (AvgIpc) is 2.09. The Morgan fingerprint density at radius 1 is 1.28 bits per heavy atom. The zero-order valence-electron chi connectivity index (χ0n) is 12.6. The van der Waals surface area contributed by atoms with Crippen molar-refractivity contribution in [3.8, 4) is 0 Å². The second-order valence-electron chi connectivity index (χ2n) is 7.23. The SMILES string of the molecule is CC(C)CN1C(=O)C(C)(C)NC(=O)C1C(C)(C)C. The normalized spacial score (nSPS) is 24.4. The van der Waals surface area contributed by atoms with Crippen molar-refractivity contribution >= 4 is 11.8 Å². The lowest BCUT2D eigenvalue weighted by molar-refractivity contribution is -0.158. The highest BCUT2D eigenvalue weighted by Gasteiger charge is 2.49. The molecule has 1 unspecified atom stereocenters. The first-order valence-corrected chi connectivity index (χ1v) is 6.60.